The van der Waals surface area contributed by atoms with Crippen LogP contribution in [-0.4, -0.2) is 27.5 Å². The van der Waals surface area contributed by atoms with Gasteiger partial charge in [0.25, 0.3) is 0 Å². The predicted molar refractivity (Wildman–Crippen MR) is 79.7 cm³/mol. The zero-order valence-electron chi connectivity index (χ0n) is 12.2. The van der Waals surface area contributed by atoms with Gasteiger partial charge in [0.2, 0.25) is 0 Å². The van der Waals surface area contributed by atoms with Crippen molar-refractivity contribution in [1.82, 2.24) is 4.98 Å². The van der Waals surface area contributed by atoms with Crippen molar-refractivity contribution in [3.05, 3.63) is 27.9 Å². The highest BCUT2D eigenvalue weighted by atomic mass is 16.6. The number of aromatic nitrogens is 1. The normalized spacial score (nSPS) is 10.3. The van der Waals surface area contributed by atoms with Crippen LogP contribution >= 0.6 is 0 Å². The van der Waals surface area contributed by atoms with Gasteiger partial charge in [-0.05, 0) is 6.42 Å². The Hall–Kier alpha value is -2.18. The predicted octanol–water partition coefficient (Wildman–Crippen LogP) is 3.46. The van der Waals surface area contributed by atoms with E-state index in [1.165, 1.54) is 31.7 Å². The van der Waals surface area contributed by atoms with E-state index in [9.17, 15) is 14.9 Å². The fourth-order valence-electron chi connectivity index (χ4n) is 1.98. The zero-order valence-corrected chi connectivity index (χ0v) is 12.2. The van der Waals surface area contributed by atoms with E-state index < -0.39 is 16.6 Å². The average Bonchev–Trinajstić information content (AvgIpc) is 2.46. The molecule has 0 saturated carbocycles. The highest BCUT2D eigenvalue weighted by molar-refractivity contribution is 5.93. The van der Waals surface area contributed by atoms with Crippen molar-refractivity contribution in [3.8, 4) is 0 Å². The number of rotatable bonds is 10. The second-order valence-electron chi connectivity index (χ2n) is 4.84. The molecular formula is C14H21N3O4. The van der Waals surface area contributed by atoms with E-state index in [1.54, 1.807) is 0 Å². The third kappa shape index (κ3) is 5.76. The highest BCUT2D eigenvalue weighted by Gasteiger charge is 2.20. The molecule has 2 N–H and O–H groups in total. The fourth-order valence-corrected chi connectivity index (χ4v) is 1.98. The molecule has 0 bridgehead atoms. The van der Waals surface area contributed by atoms with Gasteiger partial charge < -0.3 is 10.4 Å². The van der Waals surface area contributed by atoms with Gasteiger partial charge in [0.05, 0.1) is 4.92 Å². The van der Waals surface area contributed by atoms with Crippen molar-refractivity contribution < 1.29 is 14.8 Å². The molecule has 0 spiro atoms. The first-order valence-corrected chi connectivity index (χ1v) is 7.17. The van der Waals surface area contributed by atoms with E-state index in [2.05, 4.69) is 17.2 Å². The Labute approximate surface area is 123 Å². The van der Waals surface area contributed by atoms with E-state index in [1.807, 2.05) is 0 Å². The van der Waals surface area contributed by atoms with Gasteiger partial charge in [0.1, 0.15) is 17.6 Å². The minimum absolute atomic E-state index is 0.347. The van der Waals surface area contributed by atoms with Crippen LogP contribution in [0.3, 0.4) is 0 Å². The summed E-state index contributed by atoms with van der Waals surface area (Å²) in [5.74, 6) is -0.974. The van der Waals surface area contributed by atoms with Crippen LogP contribution in [0.2, 0.25) is 0 Å². The molecule has 7 heteroatoms. The molecule has 1 aromatic heterocycles. The molecule has 7 nitrogen and oxygen atoms in total. The van der Waals surface area contributed by atoms with Crippen LogP contribution in [0.1, 0.15) is 55.8 Å². The lowest BCUT2D eigenvalue weighted by molar-refractivity contribution is -0.385. The summed E-state index contributed by atoms with van der Waals surface area (Å²) in [7, 11) is 0. The van der Waals surface area contributed by atoms with Crippen LogP contribution in [0, 0.1) is 10.1 Å². The largest absolute Gasteiger partial charge is 0.477 e. The van der Waals surface area contributed by atoms with Gasteiger partial charge in [-0.1, -0.05) is 39.0 Å². The van der Waals surface area contributed by atoms with E-state index in [0.717, 1.165) is 19.0 Å². The van der Waals surface area contributed by atoms with Gasteiger partial charge in [-0.3, -0.25) is 10.1 Å². The summed E-state index contributed by atoms with van der Waals surface area (Å²) in [6, 6.07) is 1.21. The van der Waals surface area contributed by atoms with E-state index in [0.29, 0.717) is 12.4 Å². The van der Waals surface area contributed by atoms with Crippen molar-refractivity contribution in [2.45, 2.75) is 45.4 Å². The van der Waals surface area contributed by atoms with Crippen LogP contribution in [0.15, 0.2) is 12.3 Å². The van der Waals surface area contributed by atoms with Gasteiger partial charge in [-0.15, -0.1) is 0 Å². The van der Waals surface area contributed by atoms with E-state index >= 15 is 0 Å². The Morgan fingerprint density at radius 1 is 1.33 bits per heavy atom. The Kier molecular flexibility index (Phi) is 7.14. The fraction of sp³-hybridized carbons (Fsp3) is 0.571. The molecule has 0 amide bonds. The molecule has 0 aliphatic carbocycles. The molecule has 1 aromatic rings. The Morgan fingerprint density at radius 2 is 2.00 bits per heavy atom. The zero-order chi connectivity index (χ0) is 15.7. The molecule has 0 radical (unpaired) electrons. The minimum Gasteiger partial charge on any atom is -0.477 e. The molecule has 0 aliphatic heterocycles. The quantitative estimate of drug-likeness (QED) is 0.389. The molecule has 0 atom stereocenters. The number of unbranched alkanes of at least 4 members (excludes halogenated alkanes) is 5. The summed E-state index contributed by atoms with van der Waals surface area (Å²) in [5, 5.41) is 22.7. The first-order valence-electron chi connectivity index (χ1n) is 7.17. The van der Waals surface area contributed by atoms with Gasteiger partial charge in [-0.25, -0.2) is 9.78 Å². The van der Waals surface area contributed by atoms with Crippen LogP contribution in [0.25, 0.3) is 0 Å². The van der Waals surface area contributed by atoms with Crippen molar-refractivity contribution in [1.29, 1.82) is 0 Å². The number of nitro groups is 1. The SMILES string of the molecule is CCCCCCCCNc1cc(C(=O)O)c([N+](=O)[O-])cn1. The minimum atomic E-state index is -1.33. The maximum absolute atomic E-state index is 11.0. The first-order chi connectivity index (χ1) is 10.1. The number of pyridine rings is 1. The molecule has 1 heterocycles. The first kappa shape index (κ1) is 16.9. The van der Waals surface area contributed by atoms with Crippen molar-refractivity contribution in [2.75, 3.05) is 11.9 Å². The lowest BCUT2D eigenvalue weighted by atomic mass is 10.1. The number of carbonyl (C=O) groups is 1. The van der Waals surface area contributed by atoms with Gasteiger partial charge in [0.15, 0.2) is 0 Å². The number of carboxylic acid groups (broad SMARTS) is 1. The monoisotopic (exact) mass is 295 g/mol. The Bertz CT molecular complexity index is 491. The summed E-state index contributed by atoms with van der Waals surface area (Å²) < 4.78 is 0. The maximum atomic E-state index is 11.0. The summed E-state index contributed by atoms with van der Waals surface area (Å²) in [5.41, 5.74) is -0.840. The second kappa shape index (κ2) is 8.89. The molecule has 0 fully saturated rings. The van der Waals surface area contributed by atoms with Crippen LogP contribution in [-0.2, 0) is 0 Å². The van der Waals surface area contributed by atoms with Crippen molar-refractivity contribution in [3.63, 3.8) is 0 Å². The summed E-state index contributed by atoms with van der Waals surface area (Å²) in [6.45, 7) is 2.85. The van der Waals surface area contributed by atoms with Crippen LogP contribution < -0.4 is 5.32 Å². The summed E-state index contributed by atoms with van der Waals surface area (Å²) in [4.78, 5) is 24.8. The molecular weight excluding hydrogens is 274 g/mol. The molecule has 0 aromatic carbocycles. The number of nitrogens with one attached hydrogen (secondary N) is 1. The summed E-state index contributed by atoms with van der Waals surface area (Å²) >= 11 is 0. The van der Waals surface area contributed by atoms with Gasteiger partial charge in [0, 0.05) is 12.6 Å². The second-order valence-corrected chi connectivity index (χ2v) is 4.84. The summed E-state index contributed by atoms with van der Waals surface area (Å²) in [6.07, 6.45) is 7.92. The molecule has 0 unspecified atom stereocenters. The number of hydrogen-bond acceptors (Lipinski definition) is 5. The number of nitrogens with zero attached hydrogens (tertiary/aromatic N) is 2. The van der Waals surface area contributed by atoms with Crippen molar-refractivity contribution >= 4 is 17.5 Å². The lowest BCUT2D eigenvalue weighted by Gasteiger charge is -2.06. The number of carboxylic acids is 1. The highest BCUT2D eigenvalue weighted by Crippen LogP contribution is 2.20. The maximum Gasteiger partial charge on any atom is 0.342 e. The Balaban J connectivity index is 2.47. The number of anilines is 1. The average molecular weight is 295 g/mol. The molecule has 116 valence electrons. The standard InChI is InChI=1S/C14H21N3O4/c1-2-3-4-5-6-7-8-15-13-9-11(14(18)19)12(10-16-13)17(20)21/h9-10H,2-8H2,1H3,(H,15,16)(H,18,19). The third-order valence-electron chi connectivity index (χ3n) is 3.15. The number of hydrogen-bond donors (Lipinski definition) is 2. The molecule has 21 heavy (non-hydrogen) atoms. The number of aromatic carboxylic acids is 1. The van der Waals surface area contributed by atoms with Gasteiger partial charge in [-0.2, -0.15) is 0 Å². The van der Waals surface area contributed by atoms with E-state index in [4.69, 9.17) is 5.11 Å². The third-order valence-corrected chi connectivity index (χ3v) is 3.15. The van der Waals surface area contributed by atoms with E-state index in [-0.39, 0.29) is 5.56 Å². The Morgan fingerprint density at radius 3 is 2.62 bits per heavy atom. The van der Waals surface area contributed by atoms with Crippen LogP contribution in [0.5, 0.6) is 0 Å². The lowest BCUT2D eigenvalue weighted by Crippen LogP contribution is -2.08. The van der Waals surface area contributed by atoms with Crippen molar-refractivity contribution in [2.24, 2.45) is 0 Å². The molecule has 0 aliphatic rings. The molecule has 0 saturated heterocycles. The smallest absolute Gasteiger partial charge is 0.342 e. The van der Waals surface area contributed by atoms with Crippen LogP contribution in [0.4, 0.5) is 11.5 Å². The van der Waals surface area contributed by atoms with Gasteiger partial charge >= 0.3 is 11.7 Å². The topological polar surface area (TPSA) is 105 Å². The molecule has 1 rings (SSSR count).